The van der Waals surface area contributed by atoms with E-state index in [1.54, 1.807) is 72.8 Å². The van der Waals surface area contributed by atoms with Gasteiger partial charge in [-0.3, -0.25) is 9.59 Å². The number of ether oxygens (including phenoxy) is 2. The Labute approximate surface area is 220 Å². The molecular weight excluding hydrogens is 496 g/mol. The Morgan fingerprint density at radius 1 is 0.538 bits per heavy atom. The van der Waals surface area contributed by atoms with Crippen molar-refractivity contribution in [2.45, 2.75) is 6.42 Å². The van der Waals surface area contributed by atoms with Crippen LogP contribution in [0.25, 0.3) is 43.6 Å². The fourth-order valence-electron chi connectivity index (χ4n) is 4.78. The first kappa shape index (κ1) is 24.1. The van der Waals surface area contributed by atoms with E-state index in [0.717, 1.165) is 0 Å². The van der Waals surface area contributed by atoms with Gasteiger partial charge in [0, 0.05) is 39.0 Å². The summed E-state index contributed by atoms with van der Waals surface area (Å²) in [4.78, 5) is 57.7. The highest BCUT2D eigenvalue weighted by Gasteiger charge is 2.17. The monoisotopic (exact) mass is 518 g/mol. The van der Waals surface area contributed by atoms with Crippen LogP contribution in [-0.4, -0.2) is 35.1 Å². The SMILES string of the molecule is O=C(OCCCOC(=O)c1cccc2c(=O)c3ccccc3[nH]c12)c1cccc2c(=O)c3ccccc3[nH]c12. The fraction of sp³-hybridized carbons (Fsp3) is 0.0968. The molecule has 6 aromatic rings. The quantitative estimate of drug-likeness (QED) is 0.180. The van der Waals surface area contributed by atoms with Gasteiger partial charge in [0.15, 0.2) is 10.9 Å². The van der Waals surface area contributed by atoms with E-state index in [1.165, 1.54) is 0 Å². The molecule has 0 atom stereocenters. The van der Waals surface area contributed by atoms with Crippen molar-refractivity contribution in [2.75, 3.05) is 13.2 Å². The van der Waals surface area contributed by atoms with Crippen molar-refractivity contribution in [1.82, 2.24) is 9.97 Å². The predicted octanol–water partition coefficient (Wildman–Crippen LogP) is 5.08. The molecular formula is C31H22N2O6. The number of pyridine rings is 2. The smallest absolute Gasteiger partial charge is 0.340 e. The summed E-state index contributed by atoms with van der Waals surface area (Å²) in [5, 5.41) is 1.89. The van der Waals surface area contributed by atoms with E-state index >= 15 is 0 Å². The lowest BCUT2D eigenvalue weighted by molar-refractivity contribution is 0.0398. The molecule has 0 amide bonds. The van der Waals surface area contributed by atoms with E-state index in [9.17, 15) is 19.2 Å². The Bertz CT molecular complexity index is 1890. The van der Waals surface area contributed by atoms with Gasteiger partial charge in [0.1, 0.15) is 0 Å². The minimum atomic E-state index is -0.587. The second kappa shape index (κ2) is 9.90. The standard InChI is InChI=1S/C31H22N2O6/c34-28-18-8-1-3-14-24(18)32-26-20(28)10-5-12-22(26)30(36)38-16-7-17-39-31(37)23-13-6-11-21-27(23)33-25-15-4-2-9-19(25)29(21)35/h1-6,8-15H,7,16-17H2,(H,32,34)(H,33,35). The molecule has 0 aliphatic carbocycles. The maximum absolute atomic E-state index is 12.9. The van der Waals surface area contributed by atoms with Crippen LogP contribution in [0.5, 0.6) is 0 Å². The summed E-state index contributed by atoms with van der Waals surface area (Å²) >= 11 is 0. The van der Waals surface area contributed by atoms with Crippen molar-refractivity contribution < 1.29 is 19.1 Å². The van der Waals surface area contributed by atoms with E-state index < -0.39 is 11.9 Å². The van der Waals surface area contributed by atoms with Crippen LogP contribution >= 0.6 is 0 Å². The number of para-hydroxylation sites is 4. The zero-order valence-corrected chi connectivity index (χ0v) is 20.7. The van der Waals surface area contributed by atoms with E-state index in [4.69, 9.17) is 9.47 Å². The second-order valence-electron chi connectivity index (χ2n) is 9.08. The minimum absolute atomic E-state index is 0.0112. The summed E-state index contributed by atoms with van der Waals surface area (Å²) in [5.41, 5.74) is 2.26. The third-order valence-electron chi connectivity index (χ3n) is 6.68. The molecule has 2 N–H and O–H groups in total. The Hall–Kier alpha value is -5.24. The van der Waals surface area contributed by atoms with Gasteiger partial charge in [0.05, 0.1) is 35.4 Å². The molecule has 0 aliphatic rings. The molecule has 6 rings (SSSR count). The molecule has 8 heteroatoms. The van der Waals surface area contributed by atoms with Crippen molar-refractivity contribution in [1.29, 1.82) is 0 Å². The molecule has 2 aromatic heterocycles. The van der Waals surface area contributed by atoms with Crippen LogP contribution in [0.2, 0.25) is 0 Å². The number of hydrogen-bond acceptors (Lipinski definition) is 6. The molecule has 0 fully saturated rings. The highest BCUT2D eigenvalue weighted by molar-refractivity contribution is 6.06. The van der Waals surface area contributed by atoms with Crippen molar-refractivity contribution in [3.8, 4) is 0 Å². The highest BCUT2D eigenvalue weighted by Crippen LogP contribution is 2.20. The molecule has 0 saturated heterocycles. The van der Waals surface area contributed by atoms with E-state index in [0.29, 0.717) is 43.6 Å². The normalized spacial score (nSPS) is 11.3. The Balaban J connectivity index is 1.13. The number of aromatic nitrogens is 2. The van der Waals surface area contributed by atoms with Crippen molar-refractivity contribution in [3.05, 3.63) is 117 Å². The summed E-state index contributed by atoms with van der Waals surface area (Å²) in [6.07, 6.45) is 0.270. The third kappa shape index (κ3) is 4.31. The molecule has 0 spiro atoms. The van der Waals surface area contributed by atoms with Gasteiger partial charge < -0.3 is 19.4 Å². The highest BCUT2D eigenvalue weighted by atomic mass is 16.5. The molecule has 4 aromatic carbocycles. The number of carbonyl (C=O) groups is 2. The predicted molar refractivity (Wildman–Crippen MR) is 149 cm³/mol. The van der Waals surface area contributed by atoms with Crippen LogP contribution in [0, 0.1) is 0 Å². The summed E-state index contributed by atoms with van der Waals surface area (Å²) in [5.74, 6) is -1.17. The van der Waals surface area contributed by atoms with Crippen molar-refractivity contribution in [2.24, 2.45) is 0 Å². The largest absolute Gasteiger partial charge is 0.462 e. The number of hydrogen-bond donors (Lipinski definition) is 2. The summed E-state index contributed by atoms with van der Waals surface area (Å²) in [6.45, 7) is 0.0225. The number of rotatable bonds is 6. The van der Waals surface area contributed by atoms with Gasteiger partial charge >= 0.3 is 11.9 Å². The number of fused-ring (bicyclic) bond motifs is 4. The maximum Gasteiger partial charge on any atom is 0.340 e. The van der Waals surface area contributed by atoms with Crippen LogP contribution in [0.4, 0.5) is 0 Å². The third-order valence-corrected chi connectivity index (χ3v) is 6.68. The minimum Gasteiger partial charge on any atom is -0.462 e. The summed E-state index contributed by atoms with van der Waals surface area (Å²) in [7, 11) is 0. The van der Waals surface area contributed by atoms with Crippen molar-refractivity contribution >= 4 is 55.6 Å². The van der Waals surface area contributed by atoms with Gasteiger partial charge in [-0.25, -0.2) is 9.59 Å². The van der Waals surface area contributed by atoms with E-state index in [2.05, 4.69) is 9.97 Å². The van der Waals surface area contributed by atoms with Gasteiger partial charge in [0.25, 0.3) is 0 Å². The first-order chi connectivity index (χ1) is 19.0. The van der Waals surface area contributed by atoms with Crippen molar-refractivity contribution in [3.63, 3.8) is 0 Å². The molecule has 39 heavy (non-hydrogen) atoms. The van der Waals surface area contributed by atoms with Gasteiger partial charge in [0.2, 0.25) is 0 Å². The van der Waals surface area contributed by atoms with Gasteiger partial charge in [-0.2, -0.15) is 0 Å². The number of H-pyrrole nitrogens is 2. The molecule has 0 saturated carbocycles. The molecule has 0 bridgehead atoms. The van der Waals surface area contributed by atoms with Crippen LogP contribution in [-0.2, 0) is 9.47 Å². The molecule has 0 aliphatic heterocycles. The number of nitrogens with one attached hydrogen (secondary N) is 2. The molecule has 2 heterocycles. The zero-order chi connectivity index (χ0) is 26.9. The Morgan fingerprint density at radius 3 is 1.41 bits per heavy atom. The summed E-state index contributed by atoms with van der Waals surface area (Å²) in [6, 6.07) is 24.0. The van der Waals surface area contributed by atoms with Crippen LogP contribution in [0.1, 0.15) is 27.1 Å². The van der Waals surface area contributed by atoms with Gasteiger partial charge in [-0.05, 0) is 48.5 Å². The number of aromatic amines is 2. The van der Waals surface area contributed by atoms with Crippen LogP contribution in [0.15, 0.2) is 94.5 Å². The lowest BCUT2D eigenvalue weighted by Gasteiger charge is -2.10. The number of carbonyl (C=O) groups excluding carboxylic acids is 2. The van der Waals surface area contributed by atoms with E-state index in [-0.39, 0.29) is 41.6 Å². The number of benzene rings is 4. The Morgan fingerprint density at radius 2 is 0.949 bits per heavy atom. The first-order valence-electron chi connectivity index (χ1n) is 12.4. The average molecular weight is 519 g/mol. The summed E-state index contributed by atoms with van der Waals surface area (Å²) < 4.78 is 10.8. The van der Waals surface area contributed by atoms with Gasteiger partial charge in [-0.1, -0.05) is 36.4 Å². The zero-order valence-electron chi connectivity index (χ0n) is 20.7. The number of esters is 2. The Kier molecular flexibility index (Phi) is 6.13. The van der Waals surface area contributed by atoms with Gasteiger partial charge in [-0.15, -0.1) is 0 Å². The molecule has 192 valence electrons. The lowest BCUT2D eigenvalue weighted by Crippen LogP contribution is -2.14. The lowest BCUT2D eigenvalue weighted by atomic mass is 10.1. The molecule has 0 radical (unpaired) electrons. The first-order valence-corrected chi connectivity index (χ1v) is 12.4. The maximum atomic E-state index is 12.9. The van der Waals surface area contributed by atoms with E-state index in [1.807, 2.05) is 12.1 Å². The van der Waals surface area contributed by atoms with Crippen LogP contribution < -0.4 is 10.9 Å². The fourth-order valence-corrected chi connectivity index (χ4v) is 4.78. The average Bonchev–Trinajstić information content (AvgIpc) is 2.96. The second-order valence-corrected chi connectivity index (χ2v) is 9.08. The topological polar surface area (TPSA) is 118 Å². The van der Waals surface area contributed by atoms with Crippen LogP contribution in [0.3, 0.4) is 0 Å². The molecule has 8 nitrogen and oxygen atoms in total. The molecule has 0 unspecified atom stereocenters.